The van der Waals surface area contributed by atoms with Crippen molar-refractivity contribution in [1.29, 1.82) is 0 Å². The van der Waals surface area contributed by atoms with Crippen LogP contribution < -0.4 is 5.32 Å². The van der Waals surface area contributed by atoms with Crippen molar-refractivity contribution in [3.05, 3.63) is 28.2 Å². The van der Waals surface area contributed by atoms with E-state index in [1.165, 1.54) is 0 Å². The van der Waals surface area contributed by atoms with Gasteiger partial charge in [0.05, 0.1) is 16.8 Å². The number of amides is 2. The number of piperazine rings is 1. The molecule has 1 aliphatic heterocycles. The van der Waals surface area contributed by atoms with E-state index in [2.05, 4.69) is 10.2 Å². The minimum Gasteiger partial charge on any atom is -0.340 e. The van der Waals surface area contributed by atoms with Crippen molar-refractivity contribution >= 4 is 40.7 Å². The lowest BCUT2D eigenvalue weighted by atomic mass is 10.2. The molecule has 1 heterocycles. The first-order valence-electron chi connectivity index (χ1n) is 8.24. The average molecular weight is 370 g/mol. The molecule has 1 atom stereocenters. The summed E-state index contributed by atoms with van der Waals surface area (Å²) in [5.41, 5.74) is 0.517. The monoisotopic (exact) mass is 369 g/mol. The molecule has 1 aromatic carbocycles. The molecule has 0 bridgehead atoms. The van der Waals surface area contributed by atoms with Gasteiger partial charge < -0.3 is 10.2 Å². The summed E-state index contributed by atoms with van der Waals surface area (Å²) in [4.78, 5) is 28.6. The zero-order chi connectivity index (χ0) is 17.3. The molecule has 1 aliphatic carbocycles. The van der Waals surface area contributed by atoms with E-state index in [0.29, 0.717) is 41.9 Å². The van der Waals surface area contributed by atoms with Crippen molar-refractivity contribution < 1.29 is 9.59 Å². The van der Waals surface area contributed by atoms with Gasteiger partial charge in [0.1, 0.15) is 0 Å². The van der Waals surface area contributed by atoms with E-state index in [1.807, 2.05) is 11.8 Å². The average Bonchev–Trinajstić information content (AvgIpc) is 3.42. The van der Waals surface area contributed by atoms with E-state index in [-0.39, 0.29) is 23.8 Å². The Hall–Kier alpha value is -1.30. The molecule has 0 aromatic heterocycles. The lowest BCUT2D eigenvalue weighted by Gasteiger charge is -2.37. The van der Waals surface area contributed by atoms with E-state index in [0.717, 1.165) is 12.8 Å². The number of halogens is 2. The first-order chi connectivity index (χ1) is 11.5. The Balaban J connectivity index is 1.54. The van der Waals surface area contributed by atoms with Crippen LogP contribution in [0, 0.1) is 5.92 Å². The van der Waals surface area contributed by atoms with Crippen LogP contribution in [-0.2, 0) is 9.59 Å². The Labute approximate surface area is 151 Å². The summed E-state index contributed by atoms with van der Waals surface area (Å²) >= 11 is 12.0. The van der Waals surface area contributed by atoms with Crippen LogP contribution in [0.4, 0.5) is 5.69 Å². The SMILES string of the molecule is CC(C(=O)Nc1cc(Cl)ccc1Cl)N1CCN(C(=O)C2CC2)CC1. The Morgan fingerprint density at radius 1 is 1.17 bits per heavy atom. The Morgan fingerprint density at radius 2 is 1.83 bits per heavy atom. The van der Waals surface area contributed by atoms with Crippen LogP contribution in [0.3, 0.4) is 0 Å². The molecule has 1 aromatic rings. The molecule has 0 radical (unpaired) electrons. The summed E-state index contributed by atoms with van der Waals surface area (Å²) in [5.74, 6) is 0.404. The standard InChI is InChI=1S/C17H21Cl2N3O2/c1-11(16(23)20-15-10-13(18)4-5-14(15)19)21-6-8-22(9-7-21)17(24)12-2-3-12/h4-5,10-12H,2-3,6-9H2,1H3,(H,20,23). The summed E-state index contributed by atoms with van der Waals surface area (Å²) in [6.07, 6.45) is 2.05. The largest absolute Gasteiger partial charge is 0.340 e. The number of benzene rings is 1. The first kappa shape index (κ1) is 17.5. The second-order valence-electron chi connectivity index (χ2n) is 6.42. The zero-order valence-electron chi connectivity index (χ0n) is 13.6. The summed E-state index contributed by atoms with van der Waals surface area (Å²) in [6.45, 7) is 4.65. The highest BCUT2D eigenvalue weighted by atomic mass is 35.5. The van der Waals surface area contributed by atoms with E-state index in [4.69, 9.17) is 23.2 Å². The highest BCUT2D eigenvalue weighted by Crippen LogP contribution is 2.31. The molecular weight excluding hydrogens is 349 g/mol. The number of anilines is 1. The molecule has 2 amide bonds. The number of nitrogens with zero attached hydrogens (tertiary/aromatic N) is 2. The molecule has 5 nitrogen and oxygen atoms in total. The van der Waals surface area contributed by atoms with Crippen LogP contribution in [0.15, 0.2) is 18.2 Å². The fourth-order valence-electron chi connectivity index (χ4n) is 2.91. The molecule has 3 rings (SSSR count). The molecule has 0 spiro atoms. The van der Waals surface area contributed by atoms with Crippen molar-refractivity contribution in [3.8, 4) is 0 Å². The van der Waals surface area contributed by atoms with Gasteiger partial charge in [-0.3, -0.25) is 14.5 Å². The summed E-state index contributed by atoms with van der Waals surface area (Å²) < 4.78 is 0. The number of nitrogens with one attached hydrogen (secondary N) is 1. The quantitative estimate of drug-likeness (QED) is 0.887. The minimum atomic E-state index is -0.293. The van der Waals surface area contributed by atoms with Crippen LogP contribution in [0.1, 0.15) is 19.8 Å². The van der Waals surface area contributed by atoms with E-state index in [1.54, 1.807) is 18.2 Å². The van der Waals surface area contributed by atoms with Gasteiger partial charge in [-0.1, -0.05) is 23.2 Å². The van der Waals surface area contributed by atoms with Gasteiger partial charge in [0.2, 0.25) is 11.8 Å². The first-order valence-corrected chi connectivity index (χ1v) is 9.00. The van der Waals surface area contributed by atoms with Gasteiger partial charge in [0, 0.05) is 37.1 Å². The number of rotatable bonds is 4. The maximum Gasteiger partial charge on any atom is 0.241 e. The number of hydrogen-bond donors (Lipinski definition) is 1. The summed E-state index contributed by atoms with van der Waals surface area (Å²) in [7, 11) is 0. The van der Waals surface area contributed by atoms with Gasteiger partial charge in [-0.05, 0) is 38.0 Å². The van der Waals surface area contributed by atoms with Crippen molar-refractivity contribution in [2.75, 3.05) is 31.5 Å². The van der Waals surface area contributed by atoms with Gasteiger partial charge in [-0.2, -0.15) is 0 Å². The predicted octanol–water partition coefficient (Wildman–Crippen LogP) is 2.87. The lowest BCUT2D eigenvalue weighted by Crippen LogP contribution is -2.54. The molecule has 130 valence electrons. The Bertz CT molecular complexity index is 641. The van der Waals surface area contributed by atoms with Crippen molar-refractivity contribution in [2.45, 2.75) is 25.8 Å². The maximum atomic E-state index is 12.5. The third-order valence-electron chi connectivity index (χ3n) is 4.67. The van der Waals surface area contributed by atoms with Crippen LogP contribution in [0.5, 0.6) is 0 Å². The highest BCUT2D eigenvalue weighted by Gasteiger charge is 2.35. The topological polar surface area (TPSA) is 52.7 Å². The van der Waals surface area contributed by atoms with E-state index < -0.39 is 0 Å². The molecule has 2 aliphatic rings. The molecule has 24 heavy (non-hydrogen) atoms. The second kappa shape index (κ2) is 7.30. The van der Waals surface area contributed by atoms with E-state index >= 15 is 0 Å². The molecule has 1 saturated carbocycles. The van der Waals surface area contributed by atoms with Gasteiger partial charge in [0.15, 0.2) is 0 Å². The minimum absolute atomic E-state index is 0.124. The lowest BCUT2D eigenvalue weighted by molar-refractivity contribution is -0.135. The second-order valence-corrected chi connectivity index (χ2v) is 7.27. The van der Waals surface area contributed by atoms with Crippen molar-refractivity contribution in [1.82, 2.24) is 9.80 Å². The Kier molecular flexibility index (Phi) is 5.33. The number of hydrogen-bond acceptors (Lipinski definition) is 3. The van der Waals surface area contributed by atoms with E-state index in [9.17, 15) is 9.59 Å². The summed E-state index contributed by atoms with van der Waals surface area (Å²) in [5, 5.41) is 3.81. The number of carbonyl (C=O) groups excluding carboxylic acids is 2. The van der Waals surface area contributed by atoms with Crippen LogP contribution in [0.2, 0.25) is 10.0 Å². The van der Waals surface area contributed by atoms with Gasteiger partial charge in [0.25, 0.3) is 0 Å². The smallest absolute Gasteiger partial charge is 0.241 e. The molecule has 7 heteroatoms. The fourth-order valence-corrected chi connectivity index (χ4v) is 3.25. The van der Waals surface area contributed by atoms with Crippen LogP contribution >= 0.6 is 23.2 Å². The van der Waals surface area contributed by atoms with Crippen LogP contribution in [-0.4, -0.2) is 53.8 Å². The van der Waals surface area contributed by atoms with Crippen molar-refractivity contribution in [2.24, 2.45) is 5.92 Å². The van der Waals surface area contributed by atoms with Gasteiger partial charge in [-0.25, -0.2) is 0 Å². The normalized spacial score (nSPS) is 19.9. The maximum absolute atomic E-state index is 12.5. The predicted molar refractivity (Wildman–Crippen MR) is 95.4 cm³/mol. The summed E-state index contributed by atoms with van der Waals surface area (Å²) in [6, 6.07) is 4.69. The highest BCUT2D eigenvalue weighted by molar-refractivity contribution is 6.35. The van der Waals surface area contributed by atoms with Gasteiger partial charge in [-0.15, -0.1) is 0 Å². The van der Waals surface area contributed by atoms with Gasteiger partial charge >= 0.3 is 0 Å². The third kappa shape index (κ3) is 4.02. The zero-order valence-corrected chi connectivity index (χ0v) is 15.1. The molecule has 1 unspecified atom stereocenters. The Morgan fingerprint density at radius 3 is 2.46 bits per heavy atom. The molecule has 1 N–H and O–H groups in total. The molecule has 1 saturated heterocycles. The third-order valence-corrected chi connectivity index (χ3v) is 5.23. The fraction of sp³-hybridized carbons (Fsp3) is 0.529. The molecular formula is C17H21Cl2N3O2. The number of carbonyl (C=O) groups is 2. The van der Waals surface area contributed by atoms with Crippen molar-refractivity contribution in [3.63, 3.8) is 0 Å². The van der Waals surface area contributed by atoms with Crippen LogP contribution in [0.25, 0.3) is 0 Å². The molecule has 2 fully saturated rings.